The summed E-state index contributed by atoms with van der Waals surface area (Å²) in [7, 11) is 2.88. The van der Waals surface area contributed by atoms with Gasteiger partial charge in [-0.15, -0.1) is 0 Å². The quantitative estimate of drug-likeness (QED) is 0.737. The van der Waals surface area contributed by atoms with Crippen molar-refractivity contribution in [3.8, 4) is 0 Å². The van der Waals surface area contributed by atoms with Gasteiger partial charge in [0.2, 0.25) is 0 Å². The topological polar surface area (TPSA) is 94.6 Å². The maximum absolute atomic E-state index is 12.5. The molecule has 0 radical (unpaired) electrons. The van der Waals surface area contributed by atoms with Crippen LogP contribution in [0.15, 0.2) is 27.4 Å². The summed E-state index contributed by atoms with van der Waals surface area (Å²) < 4.78 is 11.5. The smallest absolute Gasteiger partial charge is 0.341 e. The van der Waals surface area contributed by atoms with Crippen LogP contribution in [0.25, 0.3) is 0 Å². The van der Waals surface area contributed by atoms with Crippen LogP contribution in [-0.4, -0.2) is 40.7 Å². The minimum atomic E-state index is -0.491. The first-order valence-corrected chi connectivity index (χ1v) is 7.88. The molecule has 2 heterocycles. The van der Waals surface area contributed by atoms with E-state index in [1.807, 2.05) is 6.92 Å². The summed E-state index contributed by atoms with van der Waals surface area (Å²) >= 11 is 0. The molecule has 1 amide bonds. The Labute approximate surface area is 145 Å². The normalized spacial score (nSPS) is 10.6. The number of carbonyl (C=O) groups is 2. The second kappa shape index (κ2) is 7.78. The van der Waals surface area contributed by atoms with Crippen molar-refractivity contribution in [2.24, 2.45) is 0 Å². The lowest BCUT2D eigenvalue weighted by Crippen LogP contribution is -2.30. The van der Waals surface area contributed by atoms with E-state index in [1.165, 1.54) is 28.8 Å². The highest BCUT2D eigenvalue weighted by Crippen LogP contribution is 2.17. The molecule has 2 aromatic heterocycles. The first kappa shape index (κ1) is 18.4. The van der Waals surface area contributed by atoms with Crippen LogP contribution in [-0.2, 0) is 17.8 Å². The van der Waals surface area contributed by atoms with E-state index in [2.05, 4.69) is 9.84 Å². The Morgan fingerprint density at radius 3 is 2.72 bits per heavy atom. The molecule has 0 atom stereocenters. The fourth-order valence-corrected chi connectivity index (χ4v) is 2.37. The number of aryl methyl sites for hydroxylation is 2. The summed E-state index contributed by atoms with van der Waals surface area (Å²) in [5, 5.41) is 4.10. The molecule has 0 spiro atoms. The first-order valence-electron chi connectivity index (χ1n) is 7.88. The Balaban J connectivity index is 2.17. The van der Waals surface area contributed by atoms with Crippen molar-refractivity contribution < 1.29 is 18.7 Å². The van der Waals surface area contributed by atoms with Gasteiger partial charge in [0.15, 0.2) is 0 Å². The second-order valence-electron chi connectivity index (χ2n) is 5.62. The van der Waals surface area contributed by atoms with E-state index >= 15 is 0 Å². The summed E-state index contributed by atoms with van der Waals surface area (Å²) in [6.45, 7) is 4.18. The molecule has 134 valence electrons. The summed E-state index contributed by atoms with van der Waals surface area (Å²) in [6, 6.07) is 4.28. The first-order chi connectivity index (χ1) is 11.9. The van der Waals surface area contributed by atoms with E-state index in [9.17, 15) is 14.4 Å². The number of rotatable bonds is 6. The molecule has 0 fully saturated rings. The third kappa shape index (κ3) is 4.14. The van der Waals surface area contributed by atoms with Gasteiger partial charge in [-0.25, -0.2) is 9.48 Å². The van der Waals surface area contributed by atoms with E-state index in [4.69, 9.17) is 4.42 Å². The van der Waals surface area contributed by atoms with Gasteiger partial charge in [-0.2, -0.15) is 5.10 Å². The molecule has 0 aliphatic carbocycles. The number of aromatic nitrogens is 2. The van der Waals surface area contributed by atoms with Crippen molar-refractivity contribution in [1.29, 1.82) is 0 Å². The van der Waals surface area contributed by atoms with Gasteiger partial charge >= 0.3 is 5.97 Å². The second-order valence-corrected chi connectivity index (χ2v) is 5.62. The number of nitrogens with zero attached hydrogens (tertiary/aromatic N) is 3. The molecule has 8 nitrogen and oxygen atoms in total. The van der Waals surface area contributed by atoms with Gasteiger partial charge < -0.3 is 14.1 Å². The Bertz CT molecular complexity index is 837. The van der Waals surface area contributed by atoms with Gasteiger partial charge in [0, 0.05) is 19.7 Å². The highest BCUT2D eigenvalue weighted by atomic mass is 16.5. The maximum atomic E-state index is 12.5. The third-order valence-corrected chi connectivity index (χ3v) is 3.63. The van der Waals surface area contributed by atoms with Crippen LogP contribution >= 0.6 is 0 Å². The molecule has 0 saturated carbocycles. The monoisotopic (exact) mass is 347 g/mol. The Morgan fingerprint density at radius 2 is 2.08 bits per heavy atom. The van der Waals surface area contributed by atoms with Gasteiger partial charge in [-0.1, -0.05) is 6.92 Å². The van der Waals surface area contributed by atoms with E-state index in [1.54, 1.807) is 20.0 Å². The predicted octanol–water partition coefficient (Wildman–Crippen LogP) is 1.61. The lowest BCUT2D eigenvalue weighted by Gasteiger charge is -2.15. The number of esters is 1. The molecular formula is C17H21N3O5. The molecule has 0 N–H and O–H groups in total. The number of hydrogen-bond donors (Lipinski definition) is 0. The van der Waals surface area contributed by atoms with E-state index in [-0.39, 0.29) is 23.7 Å². The van der Waals surface area contributed by atoms with Crippen LogP contribution < -0.4 is 5.56 Å². The molecular weight excluding hydrogens is 326 g/mol. The van der Waals surface area contributed by atoms with Crippen LogP contribution in [0.4, 0.5) is 0 Å². The Hall–Kier alpha value is -2.90. The highest BCUT2D eigenvalue weighted by Gasteiger charge is 2.19. The summed E-state index contributed by atoms with van der Waals surface area (Å²) in [4.78, 5) is 37.2. The third-order valence-electron chi connectivity index (χ3n) is 3.63. The van der Waals surface area contributed by atoms with Crippen molar-refractivity contribution in [2.45, 2.75) is 33.4 Å². The number of methoxy groups -OCH3 is 1. The SMILES string of the molecule is CCCn1nc(C(=O)N(C)Cc2cc(C(=O)OC)c(C)o2)ccc1=O. The van der Waals surface area contributed by atoms with Crippen LogP contribution in [0.5, 0.6) is 0 Å². The van der Waals surface area contributed by atoms with Crippen molar-refractivity contribution in [3.05, 3.63) is 51.3 Å². The molecule has 2 aromatic rings. The molecule has 0 bridgehead atoms. The lowest BCUT2D eigenvalue weighted by atomic mass is 10.2. The lowest BCUT2D eigenvalue weighted by molar-refractivity contribution is 0.0598. The molecule has 0 saturated heterocycles. The van der Waals surface area contributed by atoms with Crippen LogP contribution in [0.3, 0.4) is 0 Å². The zero-order valence-electron chi connectivity index (χ0n) is 14.7. The number of hydrogen-bond acceptors (Lipinski definition) is 6. The molecule has 0 unspecified atom stereocenters. The average molecular weight is 347 g/mol. The molecule has 0 aliphatic rings. The van der Waals surface area contributed by atoms with Gasteiger partial charge in [0.05, 0.1) is 13.7 Å². The maximum Gasteiger partial charge on any atom is 0.341 e. The van der Waals surface area contributed by atoms with E-state index in [0.717, 1.165) is 6.42 Å². The van der Waals surface area contributed by atoms with Gasteiger partial charge in [-0.05, 0) is 25.5 Å². The molecule has 0 aliphatic heterocycles. The van der Waals surface area contributed by atoms with Gasteiger partial charge in [0.25, 0.3) is 11.5 Å². The largest absolute Gasteiger partial charge is 0.465 e. The Morgan fingerprint density at radius 1 is 1.36 bits per heavy atom. The summed E-state index contributed by atoms with van der Waals surface area (Å²) in [6.07, 6.45) is 0.738. The zero-order chi connectivity index (χ0) is 18.6. The number of carbonyl (C=O) groups excluding carboxylic acids is 2. The molecule has 8 heteroatoms. The van der Waals surface area contributed by atoms with Crippen LogP contribution in [0.2, 0.25) is 0 Å². The predicted molar refractivity (Wildman–Crippen MR) is 89.4 cm³/mol. The van der Waals surface area contributed by atoms with Crippen LogP contribution in [0, 0.1) is 6.92 Å². The molecule has 2 rings (SSSR count). The minimum Gasteiger partial charge on any atom is -0.465 e. The fraction of sp³-hybridized carbons (Fsp3) is 0.412. The van der Waals surface area contributed by atoms with E-state index < -0.39 is 5.97 Å². The summed E-state index contributed by atoms with van der Waals surface area (Å²) in [5.41, 5.74) is 0.255. The number of furan rings is 1. The van der Waals surface area contributed by atoms with Crippen molar-refractivity contribution in [1.82, 2.24) is 14.7 Å². The van der Waals surface area contributed by atoms with E-state index in [0.29, 0.717) is 23.6 Å². The highest BCUT2D eigenvalue weighted by molar-refractivity contribution is 5.92. The van der Waals surface area contributed by atoms with Gasteiger partial charge in [-0.3, -0.25) is 9.59 Å². The van der Waals surface area contributed by atoms with Crippen molar-refractivity contribution >= 4 is 11.9 Å². The number of ether oxygens (including phenoxy) is 1. The summed E-state index contributed by atoms with van der Waals surface area (Å²) in [5.74, 6) is 0.0428. The zero-order valence-corrected chi connectivity index (χ0v) is 14.7. The minimum absolute atomic E-state index is 0.158. The standard InChI is InChI=1S/C17H21N3O5/c1-5-8-20-15(21)7-6-14(18-20)16(22)19(3)10-12-9-13(11(2)25-12)17(23)24-4/h6-7,9H,5,8,10H2,1-4H3. The Kier molecular flexibility index (Phi) is 5.74. The number of amides is 1. The van der Waals surface area contributed by atoms with Crippen molar-refractivity contribution in [3.63, 3.8) is 0 Å². The van der Waals surface area contributed by atoms with Crippen LogP contribution in [0.1, 0.15) is 45.7 Å². The fourth-order valence-electron chi connectivity index (χ4n) is 2.37. The van der Waals surface area contributed by atoms with Gasteiger partial charge in [0.1, 0.15) is 22.8 Å². The molecule has 25 heavy (non-hydrogen) atoms. The molecule has 0 aromatic carbocycles. The van der Waals surface area contributed by atoms with Crippen molar-refractivity contribution in [2.75, 3.05) is 14.2 Å². The average Bonchev–Trinajstić information content (AvgIpc) is 2.95.